The Bertz CT molecular complexity index is 219. The molecule has 2 fully saturated rings. The van der Waals surface area contributed by atoms with E-state index in [0.29, 0.717) is 12.6 Å². The second-order valence-corrected chi connectivity index (χ2v) is 4.32. The lowest BCUT2D eigenvalue weighted by atomic mass is 10.0. The van der Waals surface area contributed by atoms with Crippen LogP contribution in [0.3, 0.4) is 0 Å². The average molecular weight is 197 g/mol. The van der Waals surface area contributed by atoms with E-state index in [0.717, 1.165) is 19.6 Å². The molecule has 2 saturated heterocycles. The van der Waals surface area contributed by atoms with E-state index in [4.69, 9.17) is 0 Å². The lowest BCUT2D eigenvalue weighted by molar-refractivity contribution is -0.135. The van der Waals surface area contributed by atoms with Gasteiger partial charge in [-0.1, -0.05) is 0 Å². The zero-order valence-electron chi connectivity index (χ0n) is 8.83. The van der Waals surface area contributed by atoms with Crippen LogP contribution in [-0.4, -0.2) is 61.5 Å². The van der Waals surface area contributed by atoms with Gasteiger partial charge in [0.05, 0.1) is 6.54 Å². The minimum atomic E-state index is 0.275. The molecule has 0 radical (unpaired) electrons. The van der Waals surface area contributed by atoms with Gasteiger partial charge in [-0.05, 0) is 26.4 Å². The number of piperazine rings is 1. The number of nitrogens with one attached hydrogen (secondary N) is 1. The molecule has 0 aromatic heterocycles. The molecule has 2 rings (SSSR count). The first-order valence-corrected chi connectivity index (χ1v) is 5.46. The highest BCUT2D eigenvalue weighted by atomic mass is 16.2. The lowest BCUT2D eigenvalue weighted by Gasteiger charge is -2.39. The van der Waals surface area contributed by atoms with Crippen molar-refractivity contribution in [2.24, 2.45) is 0 Å². The van der Waals surface area contributed by atoms with Gasteiger partial charge in [-0.2, -0.15) is 0 Å². The van der Waals surface area contributed by atoms with Crippen molar-refractivity contribution in [3.05, 3.63) is 0 Å². The molecule has 0 spiro atoms. The molecule has 4 nitrogen and oxygen atoms in total. The largest absolute Gasteiger partial charge is 0.336 e. The van der Waals surface area contributed by atoms with E-state index in [1.807, 2.05) is 0 Å². The summed E-state index contributed by atoms with van der Waals surface area (Å²) in [5, 5.41) is 3.11. The fraction of sp³-hybridized carbons (Fsp3) is 0.900. The molecule has 80 valence electrons. The molecular formula is C10H19N3O. The van der Waals surface area contributed by atoms with Crippen molar-refractivity contribution in [3.63, 3.8) is 0 Å². The molecule has 0 unspecified atom stereocenters. The molecule has 0 saturated carbocycles. The van der Waals surface area contributed by atoms with Crippen LogP contribution in [0.5, 0.6) is 0 Å². The predicted octanol–water partition coefficient (Wildman–Crippen LogP) is -0.488. The zero-order valence-corrected chi connectivity index (χ0v) is 8.83. The van der Waals surface area contributed by atoms with Crippen LogP contribution in [-0.2, 0) is 4.79 Å². The fourth-order valence-corrected chi connectivity index (χ4v) is 2.40. The Labute approximate surface area is 85.2 Å². The molecule has 4 heteroatoms. The molecule has 2 aliphatic heterocycles. The Morgan fingerprint density at radius 3 is 3.00 bits per heavy atom. The summed E-state index contributed by atoms with van der Waals surface area (Å²) in [5.41, 5.74) is 0. The normalized spacial score (nSPS) is 30.8. The van der Waals surface area contributed by atoms with E-state index in [-0.39, 0.29) is 5.91 Å². The van der Waals surface area contributed by atoms with E-state index in [9.17, 15) is 4.79 Å². The second-order valence-electron chi connectivity index (χ2n) is 4.32. The Hall–Kier alpha value is -0.610. The number of hydrogen-bond acceptors (Lipinski definition) is 3. The van der Waals surface area contributed by atoms with Crippen molar-refractivity contribution in [3.8, 4) is 0 Å². The summed E-state index contributed by atoms with van der Waals surface area (Å²) in [5.74, 6) is 0.275. The third-order valence-electron chi connectivity index (χ3n) is 3.17. The van der Waals surface area contributed by atoms with Crippen molar-refractivity contribution >= 4 is 5.91 Å². The van der Waals surface area contributed by atoms with Crippen LogP contribution in [0.25, 0.3) is 0 Å². The first-order chi connectivity index (χ1) is 6.77. The first-order valence-electron chi connectivity index (χ1n) is 5.46. The van der Waals surface area contributed by atoms with Gasteiger partial charge < -0.3 is 15.1 Å². The van der Waals surface area contributed by atoms with Crippen LogP contribution in [0.15, 0.2) is 0 Å². The Morgan fingerprint density at radius 1 is 1.43 bits per heavy atom. The summed E-state index contributed by atoms with van der Waals surface area (Å²) in [6.07, 6.45) is 2.40. The Morgan fingerprint density at radius 2 is 2.29 bits per heavy atom. The standard InChI is InChI=1S/C10H19N3O/c1-12-5-2-3-9(8-12)13-6-4-11-7-10(13)14/h9,11H,2-8H2,1H3/t9-/m1/s1. The maximum atomic E-state index is 11.6. The van der Waals surface area contributed by atoms with Crippen LogP contribution in [0.2, 0.25) is 0 Å². The van der Waals surface area contributed by atoms with Crippen LogP contribution in [0, 0.1) is 0 Å². The van der Waals surface area contributed by atoms with Gasteiger partial charge in [0.25, 0.3) is 0 Å². The van der Waals surface area contributed by atoms with E-state index in [1.165, 1.54) is 19.4 Å². The molecule has 1 atom stereocenters. The van der Waals surface area contributed by atoms with Crippen LogP contribution < -0.4 is 5.32 Å². The van der Waals surface area contributed by atoms with Crippen LogP contribution in [0.1, 0.15) is 12.8 Å². The lowest BCUT2D eigenvalue weighted by Crippen LogP contribution is -2.56. The molecule has 0 aliphatic carbocycles. The molecule has 0 bridgehead atoms. The van der Waals surface area contributed by atoms with E-state index >= 15 is 0 Å². The molecule has 2 heterocycles. The van der Waals surface area contributed by atoms with Gasteiger partial charge in [-0.15, -0.1) is 0 Å². The molecular weight excluding hydrogens is 178 g/mol. The Balaban J connectivity index is 1.94. The number of likely N-dealkylation sites (N-methyl/N-ethyl adjacent to an activating group) is 1. The maximum absolute atomic E-state index is 11.6. The van der Waals surface area contributed by atoms with Crippen LogP contribution >= 0.6 is 0 Å². The molecule has 14 heavy (non-hydrogen) atoms. The minimum Gasteiger partial charge on any atom is -0.336 e. The summed E-state index contributed by atoms with van der Waals surface area (Å²) in [7, 11) is 2.14. The maximum Gasteiger partial charge on any atom is 0.236 e. The number of nitrogens with zero attached hydrogens (tertiary/aromatic N) is 2. The fourth-order valence-electron chi connectivity index (χ4n) is 2.40. The number of piperidine rings is 1. The quantitative estimate of drug-likeness (QED) is 0.616. The summed E-state index contributed by atoms with van der Waals surface area (Å²) in [6.45, 7) is 4.59. The molecule has 2 aliphatic rings. The third kappa shape index (κ3) is 2.07. The van der Waals surface area contributed by atoms with Gasteiger partial charge in [0.1, 0.15) is 0 Å². The SMILES string of the molecule is CN1CCC[C@@H](N2CCNCC2=O)C1. The molecule has 0 aromatic rings. The smallest absolute Gasteiger partial charge is 0.236 e. The topological polar surface area (TPSA) is 35.6 Å². The van der Waals surface area contributed by atoms with Gasteiger partial charge >= 0.3 is 0 Å². The van der Waals surface area contributed by atoms with Gasteiger partial charge in [-0.3, -0.25) is 4.79 Å². The minimum absolute atomic E-state index is 0.275. The number of rotatable bonds is 1. The van der Waals surface area contributed by atoms with Gasteiger partial charge in [0.15, 0.2) is 0 Å². The van der Waals surface area contributed by atoms with Gasteiger partial charge in [0, 0.05) is 25.7 Å². The van der Waals surface area contributed by atoms with E-state index in [1.54, 1.807) is 0 Å². The number of carbonyl (C=O) groups excluding carboxylic acids is 1. The average Bonchev–Trinajstić information content (AvgIpc) is 2.18. The van der Waals surface area contributed by atoms with Crippen LogP contribution in [0.4, 0.5) is 0 Å². The monoisotopic (exact) mass is 197 g/mol. The summed E-state index contributed by atoms with van der Waals surface area (Å²) in [4.78, 5) is 16.0. The predicted molar refractivity (Wildman–Crippen MR) is 55.1 cm³/mol. The van der Waals surface area contributed by atoms with Crippen molar-refractivity contribution in [2.45, 2.75) is 18.9 Å². The number of amides is 1. The Kier molecular flexibility index (Phi) is 3.03. The van der Waals surface area contributed by atoms with Crippen molar-refractivity contribution in [1.82, 2.24) is 15.1 Å². The van der Waals surface area contributed by atoms with Crippen molar-refractivity contribution in [1.29, 1.82) is 0 Å². The van der Waals surface area contributed by atoms with Gasteiger partial charge in [0.2, 0.25) is 5.91 Å². The number of carbonyl (C=O) groups is 1. The second kappa shape index (κ2) is 4.28. The summed E-state index contributed by atoms with van der Waals surface area (Å²) in [6, 6.07) is 0.461. The zero-order chi connectivity index (χ0) is 9.97. The van der Waals surface area contributed by atoms with Crippen molar-refractivity contribution in [2.75, 3.05) is 39.8 Å². The number of hydrogen-bond donors (Lipinski definition) is 1. The van der Waals surface area contributed by atoms with Gasteiger partial charge in [-0.25, -0.2) is 0 Å². The highest BCUT2D eigenvalue weighted by molar-refractivity contribution is 5.79. The molecule has 1 amide bonds. The first kappa shape index (κ1) is 9.93. The highest BCUT2D eigenvalue weighted by Crippen LogP contribution is 2.15. The third-order valence-corrected chi connectivity index (χ3v) is 3.17. The molecule has 0 aromatic carbocycles. The molecule has 1 N–H and O–H groups in total. The highest BCUT2D eigenvalue weighted by Gasteiger charge is 2.28. The van der Waals surface area contributed by atoms with E-state index < -0.39 is 0 Å². The van der Waals surface area contributed by atoms with Crippen molar-refractivity contribution < 1.29 is 4.79 Å². The number of likely N-dealkylation sites (tertiary alicyclic amines) is 1. The summed E-state index contributed by atoms with van der Waals surface area (Å²) < 4.78 is 0. The summed E-state index contributed by atoms with van der Waals surface area (Å²) >= 11 is 0. The van der Waals surface area contributed by atoms with E-state index in [2.05, 4.69) is 22.2 Å².